The summed E-state index contributed by atoms with van der Waals surface area (Å²) >= 11 is 0. The summed E-state index contributed by atoms with van der Waals surface area (Å²) in [6.45, 7) is 8.49. The molecule has 0 radical (unpaired) electrons. The van der Waals surface area contributed by atoms with Crippen LogP contribution in [-0.2, 0) is 9.47 Å². The Morgan fingerprint density at radius 3 is 3.04 bits per heavy atom. The number of hydrogen-bond acceptors (Lipinski definition) is 6. The van der Waals surface area contributed by atoms with E-state index in [1.807, 2.05) is 12.3 Å². The quantitative estimate of drug-likeness (QED) is 0.854. The Hall–Kier alpha value is -1.96. The van der Waals surface area contributed by atoms with E-state index in [1.165, 1.54) is 0 Å². The van der Waals surface area contributed by atoms with Crippen molar-refractivity contribution >= 4 is 16.9 Å². The number of aromatic nitrogens is 3. The van der Waals surface area contributed by atoms with Crippen LogP contribution in [0, 0.1) is 0 Å². The van der Waals surface area contributed by atoms with Gasteiger partial charge in [-0.3, -0.25) is 4.90 Å². The van der Waals surface area contributed by atoms with Gasteiger partial charge >= 0.3 is 0 Å². The average Bonchev–Trinajstić information content (AvgIpc) is 3.11. The Balaban J connectivity index is 0.000000569. The van der Waals surface area contributed by atoms with Gasteiger partial charge in [-0.2, -0.15) is 0 Å². The Morgan fingerprint density at radius 1 is 1.40 bits per heavy atom. The smallest absolute Gasteiger partial charge is 0.142 e. The second-order valence-corrected chi connectivity index (χ2v) is 6.35. The van der Waals surface area contributed by atoms with Crippen LogP contribution in [0.2, 0.25) is 0 Å². The minimum atomic E-state index is 0.291. The first kappa shape index (κ1) is 17.8. The fraction of sp³-hybridized carbons (Fsp3) is 0.556. The molecular formula is C18H27N5O2. The standard InChI is InChI=1S/C16H21N5O.C2H6O/c1-2-6-20-7-4-14-13(10-20)21(8-9-22-14)16-12-3-5-17-15(12)18-11-19-16;1-3-2/h2-3,5,11,13-14H,1,4,6-10H2,(H,17,18,19);1-2H3. The summed E-state index contributed by atoms with van der Waals surface area (Å²) in [7, 11) is 3.25. The van der Waals surface area contributed by atoms with Gasteiger partial charge in [-0.25, -0.2) is 9.97 Å². The average molecular weight is 345 g/mol. The molecule has 0 saturated carbocycles. The number of fused-ring (bicyclic) bond motifs is 2. The van der Waals surface area contributed by atoms with Gasteiger partial charge in [-0.15, -0.1) is 6.58 Å². The predicted molar refractivity (Wildman–Crippen MR) is 98.9 cm³/mol. The van der Waals surface area contributed by atoms with E-state index in [0.29, 0.717) is 12.1 Å². The van der Waals surface area contributed by atoms with Gasteiger partial charge in [-0.1, -0.05) is 6.08 Å². The number of aromatic amines is 1. The minimum absolute atomic E-state index is 0.291. The number of morpholine rings is 1. The maximum atomic E-state index is 6.01. The van der Waals surface area contributed by atoms with Crippen LogP contribution >= 0.6 is 0 Å². The molecule has 4 heterocycles. The van der Waals surface area contributed by atoms with Gasteiger partial charge < -0.3 is 19.4 Å². The van der Waals surface area contributed by atoms with E-state index < -0.39 is 0 Å². The summed E-state index contributed by atoms with van der Waals surface area (Å²) in [5, 5.41) is 1.09. The number of H-pyrrole nitrogens is 1. The summed E-state index contributed by atoms with van der Waals surface area (Å²) in [5.74, 6) is 1.02. The van der Waals surface area contributed by atoms with Crippen molar-refractivity contribution in [2.24, 2.45) is 0 Å². The van der Waals surface area contributed by atoms with Gasteiger partial charge in [0.2, 0.25) is 0 Å². The number of hydrogen-bond donors (Lipinski definition) is 1. The van der Waals surface area contributed by atoms with Crippen molar-refractivity contribution in [3.8, 4) is 0 Å². The summed E-state index contributed by atoms with van der Waals surface area (Å²) in [6, 6.07) is 2.40. The van der Waals surface area contributed by atoms with Gasteiger partial charge in [0.1, 0.15) is 17.8 Å². The first-order valence-electron chi connectivity index (χ1n) is 8.68. The topological polar surface area (TPSA) is 66.5 Å². The van der Waals surface area contributed by atoms with E-state index in [2.05, 4.69) is 42.1 Å². The van der Waals surface area contributed by atoms with Crippen LogP contribution in [-0.4, -0.2) is 79.0 Å². The van der Waals surface area contributed by atoms with Crippen LogP contribution in [0.25, 0.3) is 11.0 Å². The zero-order chi connectivity index (χ0) is 17.6. The van der Waals surface area contributed by atoms with Crippen molar-refractivity contribution in [2.75, 3.05) is 51.9 Å². The molecule has 2 fully saturated rings. The number of rotatable bonds is 3. The molecule has 0 aliphatic carbocycles. The maximum Gasteiger partial charge on any atom is 0.142 e. The molecule has 1 N–H and O–H groups in total. The molecule has 4 rings (SSSR count). The van der Waals surface area contributed by atoms with Crippen LogP contribution in [0.4, 0.5) is 5.82 Å². The van der Waals surface area contributed by atoms with Gasteiger partial charge in [0.05, 0.1) is 24.1 Å². The van der Waals surface area contributed by atoms with Gasteiger partial charge in [0.25, 0.3) is 0 Å². The number of anilines is 1. The molecule has 136 valence electrons. The largest absolute Gasteiger partial charge is 0.388 e. The Bertz CT molecular complexity index is 689. The highest BCUT2D eigenvalue weighted by atomic mass is 16.5. The number of ether oxygens (including phenoxy) is 2. The molecule has 2 aliphatic heterocycles. The van der Waals surface area contributed by atoms with E-state index in [9.17, 15) is 0 Å². The lowest BCUT2D eigenvalue weighted by molar-refractivity contribution is -0.0270. The normalized spacial score (nSPS) is 23.7. The third-order valence-corrected chi connectivity index (χ3v) is 4.66. The summed E-state index contributed by atoms with van der Waals surface area (Å²) in [6.07, 6.45) is 6.90. The fourth-order valence-electron chi connectivity index (χ4n) is 3.64. The molecule has 2 aromatic heterocycles. The summed E-state index contributed by atoms with van der Waals surface area (Å²) < 4.78 is 10.3. The maximum absolute atomic E-state index is 6.01. The molecule has 2 saturated heterocycles. The zero-order valence-corrected chi connectivity index (χ0v) is 15.0. The van der Waals surface area contributed by atoms with E-state index in [0.717, 1.165) is 56.1 Å². The second-order valence-electron chi connectivity index (χ2n) is 6.35. The van der Waals surface area contributed by atoms with Crippen molar-refractivity contribution in [2.45, 2.75) is 18.6 Å². The Kier molecular flexibility index (Phi) is 6.01. The van der Waals surface area contributed by atoms with Gasteiger partial charge in [0.15, 0.2) is 0 Å². The molecule has 0 bridgehead atoms. The minimum Gasteiger partial charge on any atom is -0.388 e. The van der Waals surface area contributed by atoms with Crippen LogP contribution in [0.15, 0.2) is 31.2 Å². The van der Waals surface area contributed by atoms with Crippen molar-refractivity contribution in [1.82, 2.24) is 19.9 Å². The number of nitrogens with zero attached hydrogens (tertiary/aromatic N) is 4. The molecule has 0 spiro atoms. The lowest BCUT2D eigenvalue weighted by atomic mass is 9.98. The Labute approximate surface area is 148 Å². The number of methoxy groups -OCH3 is 1. The van der Waals surface area contributed by atoms with Crippen molar-refractivity contribution in [3.05, 3.63) is 31.2 Å². The number of nitrogens with one attached hydrogen (secondary N) is 1. The van der Waals surface area contributed by atoms with E-state index in [-0.39, 0.29) is 0 Å². The molecule has 2 atom stereocenters. The number of likely N-dealkylation sites (tertiary alicyclic amines) is 1. The van der Waals surface area contributed by atoms with Crippen LogP contribution < -0.4 is 4.90 Å². The molecule has 2 aromatic rings. The summed E-state index contributed by atoms with van der Waals surface area (Å²) in [5.41, 5.74) is 0.895. The monoisotopic (exact) mass is 345 g/mol. The van der Waals surface area contributed by atoms with E-state index in [1.54, 1.807) is 20.5 Å². The first-order chi connectivity index (χ1) is 12.3. The Morgan fingerprint density at radius 2 is 2.24 bits per heavy atom. The molecule has 0 amide bonds. The third-order valence-electron chi connectivity index (χ3n) is 4.66. The van der Waals surface area contributed by atoms with Gasteiger partial charge in [0, 0.05) is 46.6 Å². The van der Waals surface area contributed by atoms with Crippen LogP contribution in [0.1, 0.15) is 6.42 Å². The summed E-state index contributed by atoms with van der Waals surface area (Å²) in [4.78, 5) is 16.9. The lowest BCUT2D eigenvalue weighted by Crippen LogP contribution is -2.60. The highest BCUT2D eigenvalue weighted by Crippen LogP contribution is 2.30. The van der Waals surface area contributed by atoms with Crippen LogP contribution in [0.3, 0.4) is 0 Å². The molecule has 25 heavy (non-hydrogen) atoms. The molecule has 7 heteroatoms. The highest BCUT2D eigenvalue weighted by molar-refractivity contribution is 5.87. The third kappa shape index (κ3) is 3.84. The first-order valence-corrected chi connectivity index (χ1v) is 8.68. The van der Waals surface area contributed by atoms with Gasteiger partial charge in [-0.05, 0) is 12.5 Å². The predicted octanol–water partition coefficient (Wildman–Crippen LogP) is 1.69. The highest BCUT2D eigenvalue weighted by Gasteiger charge is 2.38. The molecule has 0 aromatic carbocycles. The zero-order valence-electron chi connectivity index (χ0n) is 15.0. The molecule has 2 unspecified atom stereocenters. The fourth-order valence-corrected chi connectivity index (χ4v) is 3.64. The number of piperidine rings is 1. The molecular weight excluding hydrogens is 318 g/mol. The van der Waals surface area contributed by atoms with E-state index in [4.69, 9.17) is 4.74 Å². The van der Waals surface area contributed by atoms with Crippen LogP contribution in [0.5, 0.6) is 0 Å². The molecule has 7 nitrogen and oxygen atoms in total. The lowest BCUT2D eigenvalue weighted by Gasteiger charge is -2.47. The SMILES string of the molecule is C=CCN1CCC2OCCN(c3ncnc4[nH]ccc34)C2C1.COC. The van der Waals surface area contributed by atoms with E-state index >= 15 is 0 Å². The van der Waals surface area contributed by atoms with Crippen molar-refractivity contribution in [3.63, 3.8) is 0 Å². The second kappa shape index (κ2) is 8.42. The van der Waals surface area contributed by atoms with Crippen molar-refractivity contribution < 1.29 is 9.47 Å². The van der Waals surface area contributed by atoms with Crippen molar-refractivity contribution in [1.29, 1.82) is 0 Å². The molecule has 2 aliphatic rings.